The molecule has 2 amide bonds. The molecule has 0 N–H and O–H groups in total. The summed E-state index contributed by atoms with van der Waals surface area (Å²) >= 11 is 2.91. The summed E-state index contributed by atoms with van der Waals surface area (Å²) in [5, 5.41) is 3.61. The number of thiophene rings is 1. The Morgan fingerprint density at radius 1 is 1.22 bits per heavy atom. The Hall–Kier alpha value is -2.25. The molecule has 0 unspecified atom stereocenters. The van der Waals surface area contributed by atoms with E-state index in [1.807, 2.05) is 35.7 Å². The topological polar surface area (TPSA) is 53.5 Å². The van der Waals surface area contributed by atoms with Crippen molar-refractivity contribution in [3.05, 3.63) is 46.8 Å². The minimum Gasteiger partial charge on any atom is -0.327 e. The van der Waals surface area contributed by atoms with Gasteiger partial charge in [0.2, 0.25) is 5.91 Å². The number of aromatic nitrogens is 1. The molecule has 0 aliphatic carbocycles. The van der Waals surface area contributed by atoms with Gasteiger partial charge >= 0.3 is 0 Å². The summed E-state index contributed by atoms with van der Waals surface area (Å²) in [5.41, 5.74) is 0. The first kappa shape index (κ1) is 14.3. The number of rotatable bonds is 2. The van der Waals surface area contributed by atoms with E-state index >= 15 is 0 Å². The van der Waals surface area contributed by atoms with Gasteiger partial charge in [-0.15, -0.1) is 22.7 Å². The minimum atomic E-state index is -0.0827. The molecule has 0 radical (unpaired) electrons. The van der Waals surface area contributed by atoms with Crippen molar-refractivity contribution in [3.63, 3.8) is 0 Å². The maximum absolute atomic E-state index is 12.7. The van der Waals surface area contributed by atoms with Crippen LogP contribution in [0.15, 0.2) is 41.9 Å². The largest absolute Gasteiger partial charge is 0.327 e. The monoisotopic (exact) mass is 343 g/mol. The van der Waals surface area contributed by atoms with Crippen LogP contribution in [0.5, 0.6) is 0 Å². The first-order valence-electron chi connectivity index (χ1n) is 7.20. The van der Waals surface area contributed by atoms with Crippen molar-refractivity contribution in [2.45, 2.75) is 0 Å². The average molecular weight is 343 g/mol. The predicted molar refractivity (Wildman–Crippen MR) is 92.2 cm³/mol. The molecule has 0 bridgehead atoms. The number of anilines is 1. The van der Waals surface area contributed by atoms with E-state index in [1.54, 1.807) is 16.0 Å². The summed E-state index contributed by atoms with van der Waals surface area (Å²) in [5.74, 6) is -0.154. The number of hydrogen-bond acceptors (Lipinski definition) is 5. The van der Waals surface area contributed by atoms with Gasteiger partial charge in [0, 0.05) is 29.4 Å². The highest BCUT2D eigenvalue weighted by atomic mass is 32.1. The molecule has 116 valence electrons. The molecule has 1 aliphatic heterocycles. The van der Waals surface area contributed by atoms with Crippen molar-refractivity contribution in [1.29, 1.82) is 0 Å². The molecular formula is C16H13N3O2S2. The molecule has 5 nitrogen and oxygen atoms in total. The second-order valence-corrected chi connectivity index (χ2v) is 7.19. The van der Waals surface area contributed by atoms with E-state index < -0.39 is 0 Å². The van der Waals surface area contributed by atoms with Crippen LogP contribution in [0, 0.1) is 0 Å². The van der Waals surface area contributed by atoms with Gasteiger partial charge in [-0.05, 0) is 17.5 Å². The van der Waals surface area contributed by atoms with E-state index in [2.05, 4.69) is 4.98 Å². The van der Waals surface area contributed by atoms with E-state index in [0.717, 1.165) is 10.1 Å². The molecule has 7 heteroatoms. The van der Waals surface area contributed by atoms with Gasteiger partial charge in [-0.3, -0.25) is 14.5 Å². The first-order valence-corrected chi connectivity index (χ1v) is 8.90. The molecule has 0 atom stereocenters. The van der Waals surface area contributed by atoms with Crippen LogP contribution in [0.4, 0.5) is 5.13 Å². The van der Waals surface area contributed by atoms with Gasteiger partial charge < -0.3 is 4.90 Å². The summed E-state index contributed by atoms with van der Waals surface area (Å²) in [6.07, 6.45) is 1.68. The fourth-order valence-corrected chi connectivity index (χ4v) is 4.36. The van der Waals surface area contributed by atoms with Crippen molar-refractivity contribution in [3.8, 4) is 0 Å². The highest BCUT2D eigenvalue weighted by Gasteiger charge is 2.30. The van der Waals surface area contributed by atoms with E-state index in [9.17, 15) is 9.59 Å². The van der Waals surface area contributed by atoms with Crippen LogP contribution in [0.2, 0.25) is 0 Å². The molecule has 1 fully saturated rings. The number of fused-ring (bicyclic) bond motifs is 1. The van der Waals surface area contributed by atoms with E-state index in [1.165, 1.54) is 22.7 Å². The highest BCUT2D eigenvalue weighted by Crippen LogP contribution is 2.27. The van der Waals surface area contributed by atoms with Gasteiger partial charge in [0.15, 0.2) is 5.13 Å². The summed E-state index contributed by atoms with van der Waals surface area (Å²) in [7, 11) is 0. The van der Waals surface area contributed by atoms with Crippen LogP contribution in [-0.2, 0) is 4.79 Å². The Kier molecular flexibility index (Phi) is 3.59. The number of nitrogens with zero attached hydrogens (tertiary/aromatic N) is 3. The summed E-state index contributed by atoms with van der Waals surface area (Å²) in [6.45, 7) is 1.12. The Bertz CT molecular complexity index is 839. The normalized spacial score (nSPS) is 15.4. The summed E-state index contributed by atoms with van der Waals surface area (Å²) < 4.78 is 1.09. The van der Waals surface area contributed by atoms with Gasteiger partial charge in [-0.1, -0.05) is 18.2 Å². The maximum atomic E-state index is 12.7. The van der Waals surface area contributed by atoms with Gasteiger partial charge in [-0.2, -0.15) is 0 Å². The Morgan fingerprint density at radius 2 is 2.09 bits per heavy atom. The van der Waals surface area contributed by atoms with Crippen molar-refractivity contribution in [1.82, 2.24) is 9.88 Å². The molecule has 3 aromatic rings. The molecule has 1 aliphatic rings. The average Bonchev–Trinajstić information content (AvgIpc) is 3.23. The zero-order valence-corrected chi connectivity index (χ0v) is 13.8. The number of piperazine rings is 1. The molecule has 4 rings (SSSR count). The SMILES string of the molecule is O=C(c1cc2ccccc2s1)N1CCN(c2nccs2)C(=O)C1. The Balaban J connectivity index is 1.53. The van der Waals surface area contributed by atoms with E-state index in [4.69, 9.17) is 0 Å². The lowest BCUT2D eigenvalue weighted by molar-refractivity contribution is -0.120. The van der Waals surface area contributed by atoms with E-state index in [-0.39, 0.29) is 18.4 Å². The van der Waals surface area contributed by atoms with Crippen molar-refractivity contribution in [2.75, 3.05) is 24.5 Å². The van der Waals surface area contributed by atoms with Gasteiger partial charge in [0.25, 0.3) is 5.91 Å². The van der Waals surface area contributed by atoms with Crippen LogP contribution < -0.4 is 4.90 Å². The quantitative estimate of drug-likeness (QED) is 0.719. The third kappa shape index (κ3) is 2.62. The molecule has 3 heterocycles. The van der Waals surface area contributed by atoms with Crippen LogP contribution in [0.3, 0.4) is 0 Å². The smallest absolute Gasteiger partial charge is 0.264 e. The zero-order chi connectivity index (χ0) is 15.8. The molecule has 23 heavy (non-hydrogen) atoms. The standard InChI is InChI=1S/C16H13N3O2S2/c20-14-10-18(6-7-19(14)16-17-5-8-22-16)15(21)13-9-11-3-1-2-4-12(11)23-13/h1-5,8-9H,6-7,10H2. The van der Waals surface area contributed by atoms with Crippen LogP contribution in [0.25, 0.3) is 10.1 Å². The lowest BCUT2D eigenvalue weighted by Gasteiger charge is -2.32. The number of carbonyl (C=O) groups is 2. The van der Waals surface area contributed by atoms with Gasteiger partial charge in [-0.25, -0.2) is 4.98 Å². The number of carbonyl (C=O) groups excluding carboxylic acids is 2. The zero-order valence-electron chi connectivity index (χ0n) is 12.1. The predicted octanol–water partition coefficient (Wildman–Crippen LogP) is 2.85. The molecule has 0 saturated carbocycles. The number of amides is 2. The number of benzene rings is 1. The third-order valence-corrected chi connectivity index (χ3v) is 5.69. The van der Waals surface area contributed by atoms with Crippen molar-refractivity contribution < 1.29 is 9.59 Å². The first-order chi connectivity index (χ1) is 11.2. The lowest BCUT2D eigenvalue weighted by atomic mass is 10.2. The summed E-state index contributed by atoms with van der Waals surface area (Å²) in [6, 6.07) is 9.82. The highest BCUT2D eigenvalue weighted by molar-refractivity contribution is 7.20. The summed E-state index contributed by atoms with van der Waals surface area (Å²) in [4.78, 5) is 33.1. The molecule has 0 spiro atoms. The molecular weight excluding hydrogens is 330 g/mol. The Labute approximate surface area is 140 Å². The molecule has 1 saturated heterocycles. The van der Waals surface area contributed by atoms with Gasteiger partial charge in [0.1, 0.15) is 6.54 Å². The second kappa shape index (κ2) is 5.75. The van der Waals surface area contributed by atoms with Crippen molar-refractivity contribution in [2.24, 2.45) is 0 Å². The minimum absolute atomic E-state index is 0.0710. The molecule has 2 aromatic heterocycles. The fraction of sp³-hybridized carbons (Fsp3) is 0.188. The fourth-order valence-electron chi connectivity index (χ4n) is 2.64. The third-order valence-electron chi connectivity index (χ3n) is 3.79. The van der Waals surface area contributed by atoms with Crippen LogP contribution >= 0.6 is 22.7 Å². The van der Waals surface area contributed by atoms with Crippen LogP contribution in [0.1, 0.15) is 9.67 Å². The number of thiazole rings is 1. The van der Waals surface area contributed by atoms with Crippen molar-refractivity contribution >= 4 is 49.7 Å². The maximum Gasteiger partial charge on any atom is 0.264 e. The molecule has 1 aromatic carbocycles. The van der Waals surface area contributed by atoms with Crippen LogP contribution in [-0.4, -0.2) is 41.3 Å². The Morgan fingerprint density at radius 3 is 2.83 bits per heavy atom. The van der Waals surface area contributed by atoms with Gasteiger partial charge in [0.05, 0.1) is 4.88 Å². The van der Waals surface area contributed by atoms with E-state index in [0.29, 0.717) is 23.1 Å². The number of hydrogen-bond donors (Lipinski definition) is 0. The lowest BCUT2D eigenvalue weighted by Crippen LogP contribution is -2.52. The second-order valence-electron chi connectivity index (χ2n) is 5.24.